The summed E-state index contributed by atoms with van der Waals surface area (Å²) in [6.07, 6.45) is 4.75. The quantitative estimate of drug-likeness (QED) is 0.775. The van der Waals surface area contributed by atoms with Crippen molar-refractivity contribution in [3.8, 4) is 0 Å². The maximum Gasteiger partial charge on any atom is 0.168 e. The molecular weight excluding hydrogens is 294 g/mol. The van der Waals surface area contributed by atoms with E-state index in [2.05, 4.69) is 42.3 Å². The van der Waals surface area contributed by atoms with E-state index in [0.717, 1.165) is 18.4 Å². The van der Waals surface area contributed by atoms with Crippen LogP contribution in [0.2, 0.25) is 0 Å². The molecule has 2 aliphatic heterocycles. The minimum Gasteiger partial charge on any atom is -0.300 e. The fourth-order valence-corrected chi connectivity index (χ4v) is 4.86. The molecule has 0 aromatic heterocycles. The Hall–Kier alpha value is -1.93. The maximum absolute atomic E-state index is 13.4. The van der Waals surface area contributed by atoms with Crippen molar-refractivity contribution in [2.45, 2.75) is 43.7 Å². The molecule has 2 saturated heterocycles. The van der Waals surface area contributed by atoms with E-state index >= 15 is 0 Å². The Morgan fingerprint density at radius 1 is 0.958 bits per heavy atom. The fourth-order valence-electron chi connectivity index (χ4n) is 4.86. The zero-order valence-corrected chi connectivity index (χ0v) is 14.3. The molecular formula is C22H25NO. The number of ketones is 1. The van der Waals surface area contributed by atoms with Crippen molar-refractivity contribution in [3.63, 3.8) is 0 Å². The van der Waals surface area contributed by atoms with Gasteiger partial charge in [-0.05, 0) is 37.8 Å². The molecule has 2 fully saturated rings. The zero-order chi connectivity index (χ0) is 16.5. The highest BCUT2D eigenvalue weighted by Crippen LogP contribution is 2.45. The lowest BCUT2D eigenvalue weighted by Crippen LogP contribution is -2.56. The predicted octanol–water partition coefficient (Wildman–Crippen LogP) is 4.53. The van der Waals surface area contributed by atoms with E-state index in [0.29, 0.717) is 23.8 Å². The molecule has 0 saturated carbocycles. The fraction of sp³-hybridized carbons (Fsp3) is 0.409. The van der Waals surface area contributed by atoms with Crippen molar-refractivity contribution in [1.29, 1.82) is 0 Å². The number of nitrogens with zero attached hydrogens (tertiary/aromatic N) is 1. The number of fused-ring (bicyclic) bond motifs is 2. The predicted molar refractivity (Wildman–Crippen MR) is 97.3 cm³/mol. The van der Waals surface area contributed by atoms with E-state index in [4.69, 9.17) is 0 Å². The minimum absolute atomic E-state index is 0.0661. The molecule has 0 aliphatic carbocycles. The zero-order valence-electron chi connectivity index (χ0n) is 14.3. The molecule has 2 bridgehead atoms. The smallest absolute Gasteiger partial charge is 0.168 e. The summed E-state index contributed by atoms with van der Waals surface area (Å²) in [7, 11) is 2.22. The number of carbonyl (C=O) groups is 1. The standard InChI is InChI=1S/C22H25NO/c1-23-18-13-8-14-20(23)21(22(24)17-11-6-3-7-12-17)19(15-18)16-9-4-2-5-10-16/h2-7,9-12,18-21H,8,13-15H2,1H3. The molecule has 2 heterocycles. The van der Waals surface area contributed by atoms with Crippen LogP contribution in [-0.4, -0.2) is 29.8 Å². The van der Waals surface area contributed by atoms with Gasteiger partial charge < -0.3 is 0 Å². The second-order valence-electron chi connectivity index (χ2n) is 7.33. The van der Waals surface area contributed by atoms with Crippen molar-refractivity contribution in [2.75, 3.05) is 7.05 Å². The monoisotopic (exact) mass is 319 g/mol. The molecule has 24 heavy (non-hydrogen) atoms. The summed E-state index contributed by atoms with van der Waals surface area (Å²) in [4.78, 5) is 15.9. The molecule has 0 N–H and O–H groups in total. The number of benzene rings is 2. The summed E-state index contributed by atoms with van der Waals surface area (Å²) in [5.74, 6) is 0.725. The summed E-state index contributed by atoms with van der Waals surface area (Å²) < 4.78 is 0. The van der Waals surface area contributed by atoms with Crippen LogP contribution in [0.25, 0.3) is 0 Å². The average Bonchev–Trinajstić information content (AvgIpc) is 2.63. The molecule has 2 heteroatoms. The van der Waals surface area contributed by atoms with Gasteiger partial charge >= 0.3 is 0 Å². The third-order valence-electron chi connectivity index (χ3n) is 6.10. The largest absolute Gasteiger partial charge is 0.300 e. The van der Waals surface area contributed by atoms with Crippen LogP contribution >= 0.6 is 0 Å². The molecule has 0 spiro atoms. The third-order valence-corrected chi connectivity index (χ3v) is 6.10. The first kappa shape index (κ1) is 15.6. The van der Waals surface area contributed by atoms with E-state index in [1.165, 1.54) is 18.4 Å². The summed E-state index contributed by atoms with van der Waals surface area (Å²) in [6.45, 7) is 0. The van der Waals surface area contributed by atoms with Gasteiger partial charge in [-0.1, -0.05) is 67.1 Å². The van der Waals surface area contributed by atoms with Crippen molar-refractivity contribution in [3.05, 3.63) is 71.8 Å². The Morgan fingerprint density at radius 2 is 1.62 bits per heavy atom. The van der Waals surface area contributed by atoms with Gasteiger partial charge in [0.2, 0.25) is 0 Å². The Kier molecular flexibility index (Phi) is 4.24. The normalized spacial score (nSPS) is 30.0. The van der Waals surface area contributed by atoms with Gasteiger partial charge in [0.05, 0.1) is 0 Å². The highest BCUT2D eigenvalue weighted by molar-refractivity contribution is 5.99. The Balaban J connectivity index is 1.74. The van der Waals surface area contributed by atoms with Gasteiger partial charge in [-0.25, -0.2) is 0 Å². The first-order chi connectivity index (χ1) is 11.8. The summed E-state index contributed by atoms with van der Waals surface area (Å²) in [5, 5.41) is 0. The first-order valence-corrected chi connectivity index (χ1v) is 9.12. The average molecular weight is 319 g/mol. The van der Waals surface area contributed by atoms with E-state index in [1.807, 2.05) is 30.3 Å². The molecule has 2 aliphatic rings. The second-order valence-corrected chi connectivity index (χ2v) is 7.33. The van der Waals surface area contributed by atoms with Crippen LogP contribution in [0, 0.1) is 5.92 Å². The van der Waals surface area contributed by atoms with Crippen molar-refractivity contribution in [1.82, 2.24) is 4.90 Å². The highest BCUT2D eigenvalue weighted by Gasteiger charge is 2.46. The number of hydrogen-bond donors (Lipinski definition) is 0. The number of hydrogen-bond acceptors (Lipinski definition) is 2. The van der Waals surface area contributed by atoms with Crippen LogP contribution in [-0.2, 0) is 0 Å². The summed E-state index contributed by atoms with van der Waals surface area (Å²) in [6, 6.07) is 21.5. The number of Topliss-reactive ketones (excluding diaryl/α,β-unsaturated/α-hetero) is 1. The van der Waals surface area contributed by atoms with Crippen LogP contribution in [0.15, 0.2) is 60.7 Å². The molecule has 2 nitrogen and oxygen atoms in total. The van der Waals surface area contributed by atoms with E-state index in [9.17, 15) is 4.79 Å². The third kappa shape index (κ3) is 2.69. The molecule has 124 valence electrons. The topological polar surface area (TPSA) is 20.3 Å². The van der Waals surface area contributed by atoms with E-state index < -0.39 is 0 Å². The van der Waals surface area contributed by atoms with Crippen LogP contribution in [0.1, 0.15) is 47.5 Å². The van der Waals surface area contributed by atoms with E-state index in [1.54, 1.807) is 0 Å². The molecule has 4 rings (SSSR count). The molecule has 0 radical (unpaired) electrons. The van der Waals surface area contributed by atoms with Gasteiger partial charge in [-0.3, -0.25) is 9.69 Å². The van der Waals surface area contributed by atoms with Crippen LogP contribution in [0.5, 0.6) is 0 Å². The number of piperidine rings is 2. The molecule has 4 atom stereocenters. The van der Waals surface area contributed by atoms with E-state index in [-0.39, 0.29) is 5.92 Å². The maximum atomic E-state index is 13.4. The lowest BCUT2D eigenvalue weighted by molar-refractivity contribution is 0.0123. The van der Waals surface area contributed by atoms with Crippen molar-refractivity contribution >= 4 is 5.78 Å². The minimum atomic E-state index is 0.0661. The van der Waals surface area contributed by atoms with Gasteiger partial charge in [0, 0.05) is 23.6 Å². The summed E-state index contributed by atoms with van der Waals surface area (Å²) in [5.41, 5.74) is 2.19. The first-order valence-electron chi connectivity index (χ1n) is 9.12. The number of carbonyl (C=O) groups excluding carboxylic acids is 1. The van der Waals surface area contributed by atoms with Crippen LogP contribution in [0.4, 0.5) is 0 Å². The van der Waals surface area contributed by atoms with Crippen LogP contribution in [0.3, 0.4) is 0 Å². The Labute approximate surface area is 144 Å². The van der Waals surface area contributed by atoms with Crippen molar-refractivity contribution < 1.29 is 4.79 Å². The van der Waals surface area contributed by atoms with Gasteiger partial charge in [0.1, 0.15) is 0 Å². The highest BCUT2D eigenvalue weighted by atomic mass is 16.1. The SMILES string of the molecule is CN1C2CCCC1C(C(=O)c1ccccc1)C(c1ccccc1)C2. The Morgan fingerprint density at radius 3 is 2.33 bits per heavy atom. The number of rotatable bonds is 3. The molecule has 2 aromatic carbocycles. The van der Waals surface area contributed by atoms with Gasteiger partial charge in [0.25, 0.3) is 0 Å². The molecule has 2 aromatic rings. The summed E-state index contributed by atoms with van der Waals surface area (Å²) >= 11 is 0. The Bertz CT molecular complexity index is 696. The molecule has 0 amide bonds. The molecule has 4 unspecified atom stereocenters. The van der Waals surface area contributed by atoms with Crippen molar-refractivity contribution in [2.24, 2.45) is 5.92 Å². The second kappa shape index (κ2) is 6.52. The van der Waals surface area contributed by atoms with Gasteiger partial charge in [0.15, 0.2) is 5.78 Å². The van der Waals surface area contributed by atoms with Gasteiger partial charge in [-0.15, -0.1) is 0 Å². The van der Waals surface area contributed by atoms with Crippen LogP contribution < -0.4 is 0 Å². The lowest BCUT2D eigenvalue weighted by atomic mass is 9.66. The lowest BCUT2D eigenvalue weighted by Gasteiger charge is -2.51. The van der Waals surface area contributed by atoms with Gasteiger partial charge in [-0.2, -0.15) is 0 Å².